The van der Waals surface area contributed by atoms with Gasteiger partial charge in [-0.2, -0.15) is 0 Å². The van der Waals surface area contributed by atoms with Gasteiger partial charge in [-0.25, -0.2) is 4.79 Å². The number of hydrogen-bond donors (Lipinski definition) is 2. The lowest BCUT2D eigenvalue weighted by molar-refractivity contribution is -0.134. The number of rotatable bonds is 9. The van der Waals surface area contributed by atoms with Gasteiger partial charge < -0.3 is 29.4 Å². The monoisotopic (exact) mass is 533 g/mol. The summed E-state index contributed by atoms with van der Waals surface area (Å²) >= 11 is 0. The molecule has 0 unspecified atom stereocenters. The van der Waals surface area contributed by atoms with Crippen molar-refractivity contribution in [3.05, 3.63) is 70.8 Å². The van der Waals surface area contributed by atoms with E-state index in [2.05, 4.69) is 5.32 Å². The van der Waals surface area contributed by atoms with E-state index in [1.165, 1.54) is 19.1 Å². The van der Waals surface area contributed by atoms with Gasteiger partial charge in [0.1, 0.15) is 5.75 Å². The molecule has 0 saturated carbocycles. The zero-order valence-corrected chi connectivity index (χ0v) is 22.3. The molecule has 9 nitrogen and oxygen atoms in total. The zero-order valence-electron chi connectivity index (χ0n) is 22.3. The van der Waals surface area contributed by atoms with Crippen LogP contribution < -0.4 is 24.3 Å². The van der Waals surface area contributed by atoms with Crippen LogP contribution in [-0.4, -0.2) is 44.3 Å². The number of nitrogens with one attached hydrogen (secondary N) is 1. The number of carbonyl (C=O) groups is 3. The number of carboxylic acid groups (broad SMARTS) is 1. The molecule has 2 N–H and O–H groups in total. The molecule has 3 aromatic rings. The minimum absolute atomic E-state index is 0.117. The number of carboxylic acids is 1. The molecule has 3 aromatic carbocycles. The lowest BCUT2D eigenvalue weighted by Crippen LogP contribution is -2.26. The largest absolute Gasteiger partial charge is 0.493 e. The van der Waals surface area contributed by atoms with Crippen molar-refractivity contribution < 1.29 is 38.4 Å². The van der Waals surface area contributed by atoms with Crippen molar-refractivity contribution >= 4 is 17.8 Å². The highest BCUT2D eigenvalue weighted by Gasteiger charge is 2.29. The fourth-order valence-corrected chi connectivity index (χ4v) is 4.91. The molecule has 1 amide bonds. The van der Waals surface area contributed by atoms with Gasteiger partial charge in [0.2, 0.25) is 11.7 Å². The summed E-state index contributed by atoms with van der Waals surface area (Å²) in [6, 6.07) is 13.3. The summed E-state index contributed by atoms with van der Waals surface area (Å²) < 4.78 is 22.6. The molecule has 39 heavy (non-hydrogen) atoms. The molecule has 1 atom stereocenters. The third-order valence-corrected chi connectivity index (χ3v) is 6.71. The van der Waals surface area contributed by atoms with Crippen molar-refractivity contribution in [2.24, 2.45) is 0 Å². The van der Waals surface area contributed by atoms with Crippen LogP contribution in [0.1, 0.15) is 52.9 Å². The topological polar surface area (TPSA) is 120 Å². The Hall–Kier alpha value is -4.53. The number of benzene rings is 3. The van der Waals surface area contributed by atoms with Crippen LogP contribution in [0.4, 0.5) is 0 Å². The zero-order chi connectivity index (χ0) is 28.1. The normalized spacial score (nSPS) is 13.8. The average Bonchev–Trinajstić information content (AvgIpc) is 3.07. The molecule has 0 saturated heterocycles. The van der Waals surface area contributed by atoms with Crippen LogP contribution in [0.15, 0.2) is 48.5 Å². The summed E-state index contributed by atoms with van der Waals surface area (Å²) in [5, 5.41) is 12.1. The smallest absolute Gasteiger partial charge is 0.335 e. The van der Waals surface area contributed by atoms with Crippen LogP contribution in [-0.2, 0) is 22.4 Å². The number of fused-ring (bicyclic) bond motifs is 3. The second-order valence-electron chi connectivity index (χ2n) is 9.20. The third kappa shape index (κ3) is 5.98. The Balaban J connectivity index is 1.65. The fraction of sp³-hybridized carbons (Fsp3) is 0.300. The predicted molar refractivity (Wildman–Crippen MR) is 144 cm³/mol. The molecule has 0 aliphatic heterocycles. The standard InChI is InChI=1S/C30H31NO8/c1-17(32)31-24-13-10-20-15-25(36-2)28(37-3)29(38-4)27(20)22-12-11-21(16-23(22)24)39-26(33)14-7-18-5-8-19(9-6-18)30(34)35/h5-6,8-9,11-12,15-16,24H,7,10,13-14H2,1-4H3,(H,31,32)(H,34,35)/t24-/m0/s1. The minimum atomic E-state index is -1.00. The van der Waals surface area contributed by atoms with E-state index in [0.29, 0.717) is 42.3 Å². The summed E-state index contributed by atoms with van der Waals surface area (Å²) in [6.45, 7) is 1.47. The minimum Gasteiger partial charge on any atom is -0.493 e. The maximum absolute atomic E-state index is 12.7. The molecule has 4 rings (SSSR count). The van der Waals surface area contributed by atoms with E-state index in [-0.39, 0.29) is 23.9 Å². The number of aromatic carboxylic acids is 1. The molecule has 1 aliphatic carbocycles. The van der Waals surface area contributed by atoms with E-state index in [0.717, 1.165) is 27.8 Å². The molecule has 0 spiro atoms. The Labute approximate surface area is 226 Å². The van der Waals surface area contributed by atoms with E-state index in [1.54, 1.807) is 45.6 Å². The predicted octanol–water partition coefficient (Wildman–Crippen LogP) is 4.74. The first kappa shape index (κ1) is 27.5. The van der Waals surface area contributed by atoms with Gasteiger partial charge in [0, 0.05) is 18.9 Å². The Kier molecular flexibility index (Phi) is 8.39. The maximum atomic E-state index is 12.7. The number of hydrogen-bond acceptors (Lipinski definition) is 7. The van der Waals surface area contributed by atoms with Gasteiger partial charge >= 0.3 is 11.9 Å². The number of carbonyl (C=O) groups excluding carboxylic acids is 2. The van der Waals surface area contributed by atoms with E-state index in [9.17, 15) is 14.4 Å². The first-order valence-electron chi connectivity index (χ1n) is 12.5. The van der Waals surface area contributed by atoms with Gasteiger partial charge in [0.05, 0.1) is 32.9 Å². The average molecular weight is 534 g/mol. The van der Waals surface area contributed by atoms with Gasteiger partial charge in [0.25, 0.3) is 0 Å². The summed E-state index contributed by atoms with van der Waals surface area (Å²) in [6.07, 6.45) is 1.78. The van der Waals surface area contributed by atoms with Crippen LogP contribution in [0.3, 0.4) is 0 Å². The SMILES string of the molecule is COc1cc2c(c(OC)c1OC)-c1ccc(OC(=O)CCc3ccc(C(=O)O)cc3)cc1[C@@H](NC(C)=O)CC2. The first-order chi connectivity index (χ1) is 18.7. The van der Waals surface area contributed by atoms with Crippen LogP contribution in [0.25, 0.3) is 11.1 Å². The van der Waals surface area contributed by atoms with E-state index in [4.69, 9.17) is 24.1 Å². The van der Waals surface area contributed by atoms with Gasteiger partial charge in [-0.3, -0.25) is 9.59 Å². The molecule has 9 heteroatoms. The molecule has 0 radical (unpaired) electrons. The van der Waals surface area contributed by atoms with Crippen molar-refractivity contribution in [3.8, 4) is 34.1 Å². The number of ether oxygens (including phenoxy) is 4. The molecular weight excluding hydrogens is 502 g/mol. The van der Waals surface area contributed by atoms with Crippen molar-refractivity contribution in [2.45, 2.75) is 38.6 Å². The first-order valence-corrected chi connectivity index (χ1v) is 12.5. The van der Waals surface area contributed by atoms with Crippen LogP contribution in [0, 0.1) is 0 Å². The van der Waals surface area contributed by atoms with Crippen LogP contribution in [0.2, 0.25) is 0 Å². The molecule has 0 heterocycles. The Bertz CT molecular complexity index is 1400. The second-order valence-corrected chi connectivity index (χ2v) is 9.20. The molecule has 0 fully saturated rings. The third-order valence-electron chi connectivity index (χ3n) is 6.71. The van der Waals surface area contributed by atoms with Gasteiger partial charge in [-0.15, -0.1) is 0 Å². The van der Waals surface area contributed by atoms with Gasteiger partial charge in [-0.1, -0.05) is 18.2 Å². The van der Waals surface area contributed by atoms with Crippen molar-refractivity contribution in [1.29, 1.82) is 0 Å². The molecule has 1 aliphatic rings. The Morgan fingerprint density at radius 1 is 0.949 bits per heavy atom. The molecular formula is C30H31NO8. The van der Waals surface area contributed by atoms with Crippen LogP contribution in [0.5, 0.6) is 23.0 Å². The molecule has 0 aromatic heterocycles. The van der Waals surface area contributed by atoms with Crippen molar-refractivity contribution in [1.82, 2.24) is 5.32 Å². The summed E-state index contributed by atoms with van der Waals surface area (Å²) in [5.74, 6) is 0.306. The van der Waals surface area contributed by atoms with Gasteiger partial charge in [0.15, 0.2) is 11.5 Å². The summed E-state index contributed by atoms with van der Waals surface area (Å²) in [4.78, 5) is 35.8. The van der Waals surface area contributed by atoms with E-state index in [1.807, 2.05) is 12.1 Å². The molecule has 0 bridgehead atoms. The highest BCUT2D eigenvalue weighted by Crippen LogP contribution is 2.50. The number of aryl methyl sites for hydroxylation is 2. The fourth-order valence-electron chi connectivity index (χ4n) is 4.91. The molecule has 204 valence electrons. The number of methoxy groups -OCH3 is 3. The van der Waals surface area contributed by atoms with Crippen molar-refractivity contribution in [2.75, 3.05) is 21.3 Å². The lowest BCUT2D eigenvalue weighted by Gasteiger charge is -2.21. The maximum Gasteiger partial charge on any atom is 0.335 e. The number of esters is 1. The second kappa shape index (κ2) is 11.9. The highest BCUT2D eigenvalue weighted by atomic mass is 16.5. The highest BCUT2D eigenvalue weighted by molar-refractivity contribution is 5.87. The summed E-state index contributed by atoms with van der Waals surface area (Å²) in [7, 11) is 4.69. The van der Waals surface area contributed by atoms with Gasteiger partial charge in [-0.05, 0) is 71.8 Å². The Morgan fingerprint density at radius 2 is 1.67 bits per heavy atom. The summed E-state index contributed by atoms with van der Waals surface area (Å²) in [5.41, 5.74) is 4.46. The Morgan fingerprint density at radius 3 is 2.28 bits per heavy atom. The van der Waals surface area contributed by atoms with Crippen LogP contribution >= 0.6 is 0 Å². The van der Waals surface area contributed by atoms with E-state index >= 15 is 0 Å². The number of amides is 1. The lowest BCUT2D eigenvalue weighted by atomic mass is 9.93. The quantitative estimate of drug-likeness (QED) is 0.299. The van der Waals surface area contributed by atoms with Crippen molar-refractivity contribution in [3.63, 3.8) is 0 Å². The van der Waals surface area contributed by atoms with E-state index < -0.39 is 11.9 Å².